The van der Waals surface area contributed by atoms with Gasteiger partial charge < -0.3 is 15.4 Å². The van der Waals surface area contributed by atoms with Gasteiger partial charge in [0.25, 0.3) is 11.8 Å². The van der Waals surface area contributed by atoms with Crippen LogP contribution in [0.3, 0.4) is 0 Å². The number of Topliss-reactive ketones (excluding diaryl/α,β-unsaturated/α-hetero) is 1. The van der Waals surface area contributed by atoms with Gasteiger partial charge in [-0.1, -0.05) is 30.3 Å². The van der Waals surface area contributed by atoms with E-state index >= 15 is 0 Å². The summed E-state index contributed by atoms with van der Waals surface area (Å²) in [5, 5.41) is 5.18. The lowest BCUT2D eigenvalue weighted by atomic mass is 9.96. The summed E-state index contributed by atoms with van der Waals surface area (Å²) in [5.74, 6) is -2.13. The highest BCUT2D eigenvalue weighted by molar-refractivity contribution is 6.08. The maximum Gasteiger partial charge on any atom is 0.326 e. The second-order valence-electron chi connectivity index (χ2n) is 7.88. The van der Waals surface area contributed by atoms with Crippen molar-refractivity contribution in [1.82, 2.24) is 15.5 Å². The zero-order valence-electron chi connectivity index (χ0n) is 17.0. The molecule has 1 heterocycles. The number of hydrogen-bond acceptors (Lipinski definition) is 6. The van der Waals surface area contributed by atoms with Crippen molar-refractivity contribution in [3.63, 3.8) is 0 Å². The van der Waals surface area contributed by atoms with Gasteiger partial charge in [-0.15, -0.1) is 0 Å². The van der Waals surface area contributed by atoms with E-state index < -0.39 is 48.5 Å². The summed E-state index contributed by atoms with van der Waals surface area (Å²) in [6, 6.07) is 7.81. The Morgan fingerprint density at radius 3 is 2.50 bits per heavy atom. The van der Waals surface area contributed by atoms with Gasteiger partial charge in [0, 0.05) is 0 Å². The van der Waals surface area contributed by atoms with Crippen molar-refractivity contribution in [2.75, 3.05) is 13.2 Å². The van der Waals surface area contributed by atoms with Crippen molar-refractivity contribution < 1.29 is 28.7 Å². The molecule has 9 heteroatoms. The largest absolute Gasteiger partial charge is 0.454 e. The average molecular weight is 415 g/mol. The molecule has 1 aromatic carbocycles. The second kappa shape index (κ2) is 8.64. The highest BCUT2D eigenvalue weighted by atomic mass is 16.5. The summed E-state index contributed by atoms with van der Waals surface area (Å²) in [6.45, 7) is 1.84. The molecular weight excluding hydrogens is 390 g/mol. The molecule has 1 aliphatic carbocycles. The first kappa shape index (κ1) is 21.5. The number of ketones is 1. The lowest BCUT2D eigenvalue weighted by Gasteiger charge is -2.20. The third-order valence-corrected chi connectivity index (χ3v) is 5.46. The topological polar surface area (TPSA) is 122 Å². The van der Waals surface area contributed by atoms with Crippen LogP contribution in [0.1, 0.15) is 32.3 Å². The fraction of sp³-hybridized carbons (Fsp3) is 0.476. The lowest BCUT2D eigenvalue weighted by molar-refractivity contribution is -0.151. The highest BCUT2D eigenvalue weighted by Gasteiger charge is 2.56. The minimum Gasteiger partial charge on any atom is -0.454 e. The summed E-state index contributed by atoms with van der Waals surface area (Å²) in [7, 11) is 0. The van der Waals surface area contributed by atoms with Crippen LogP contribution in [-0.2, 0) is 30.3 Å². The Labute approximate surface area is 174 Å². The number of benzene rings is 1. The molecule has 4 amide bonds. The summed E-state index contributed by atoms with van der Waals surface area (Å²) in [5.41, 5.74) is -0.104. The van der Waals surface area contributed by atoms with Crippen LogP contribution in [-0.4, -0.2) is 59.2 Å². The van der Waals surface area contributed by atoms with Gasteiger partial charge >= 0.3 is 12.0 Å². The zero-order chi connectivity index (χ0) is 21.9. The first-order valence-electron chi connectivity index (χ1n) is 9.84. The van der Waals surface area contributed by atoms with Crippen molar-refractivity contribution >= 4 is 29.6 Å². The van der Waals surface area contributed by atoms with Crippen LogP contribution >= 0.6 is 0 Å². The molecule has 2 N–H and O–H groups in total. The summed E-state index contributed by atoms with van der Waals surface area (Å²) < 4.78 is 4.90. The number of rotatable bonds is 9. The standard InChI is InChI=1S/C21H25N3O6/c1-13(25)16(10-14-6-4-3-5-7-14)22-17(26)12-30-18(27)11-24-19(28)21(2,15-8-9-15)23-20(24)29/h3-7,15-16H,8-12H2,1-2H3,(H,22,26)(H,23,29)/t16-,21+/m0/s1. The molecule has 30 heavy (non-hydrogen) atoms. The van der Waals surface area contributed by atoms with Crippen LogP contribution in [0, 0.1) is 5.92 Å². The lowest BCUT2D eigenvalue weighted by Crippen LogP contribution is -2.46. The smallest absolute Gasteiger partial charge is 0.326 e. The Morgan fingerprint density at radius 1 is 1.23 bits per heavy atom. The number of urea groups is 1. The van der Waals surface area contributed by atoms with E-state index in [1.807, 2.05) is 30.3 Å². The molecule has 160 valence electrons. The number of hydrogen-bond donors (Lipinski definition) is 2. The van der Waals surface area contributed by atoms with E-state index in [-0.39, 0.29) is 11.7 Å². The molecule has 1 aliphatic heterocycles. The number of carbonyl (C=O) groups excluding carboxylic acids is 5. The number of ether oxygens (including phenoxy) is 1. The molecule has 0 unspecified atom stereocenters. The van der Waals surface area contributed by atoms with Crippen molar-refractivity contribution in [3.8, 4) is 0 Å². The average Bonchev–Trinajstić information content (AvgIpc) is 3.53. The third-order valence-electron chi connectivity index (χ3n) is 5.46. The van der Waals surface area contributed by atoms with Crippen molar-refractivity contribution in [2.24, 2.45) is 5.92 Å². The van der Waals surface area contributed by atoms with Gasteiger partial charge in [-0.2, -0.15) is 0 Å². The molecular formula is C21H25N3O6. The van der Waals surface area contributed by atoms with Gasteiger partial charge in [0.05, 0.1) is 6.04 Å². The van der Waals surface area contributed by atoms with E-state index in [4.69, 9.17) is 4.74 Å². The molecule has 0 aromatic heterocycles. The fourth-order valence-electron chi connectivity index (χ4n) is 3.50. The summed E-state index contributed by atoms with van der Waals surface area (Å²) in [4.78, 5) is 61.4. The summed E-state index contributed by atoms with van der Waals surface area (Å²) in [6.07, 6.45) is 2.01. The van der Waals surface area contributed by atoms with Crippen LogP contribution < -0.4 is 10.6 Å². The van der Waals surface area contributed by atoms with Gasteiger partial charge in [-0.05, 0) is 44.6 Å². The number of nitrogens with one attached hydrogen (secondary N) is 2. The van der Waals surface area contributed by atoms with Crippen molar-refractivity contribution in [1.29, 1.82) is 0 Å². The Morgan fingerprint density at radius 2 is 1.90 bits per heavy atom. The van der Waals surface area contributed by atoms with Crippen LogP contribution in [0.15, 0.2) is 30.3 Å². The quantitative estimate of drug-likeness (QED) is 0.449. The SMILES string of the molecule is CC(=O)[C@H](Cc1ccccc1)NC(=O)COC(=O)CN1C(=O)N[C@](C)(C2CC2)C1=O. The molecule has 2 atom stereocenters. The van der Waals surface area contributed by atoms with Crippen LogP contribution in [0.25, 0.3) is 0 Å². The van der Waals surface area contributed by atoms with E-state index in [0.717, 1.165) is 23.3 Å². The molecule has 0 bridgehead atoms. The van der Waals surface area contributed by atoms with Gasteiger partial charge in [0.1, 0.15) is 12.1 Å². The molecule has 0 spiro atoms. The van der Waals surface area contributed by atoms with Gasteiger partial charge in [-0.25, -0.2) is 4.79 Å². The number of nitrogens with zero attached hydrogens (tertiary/aromatic N) is 1. The predicted octanol–water partition coefficient (Wildman–Crippen LogP) is 0.567. The van der Waals surface area contributed by atoms with E-state index in [1.54, 1.807) is 6.92 Å². The first-order valence-corrected chi connectivity index (χ1v) is 9.84. The van der Waals surface area contributed by atoms with Gasteiger partial charge in [0.2, 0.25) is 0 Å². The Balaban J connectivity index is 1.48. The molecule has 2 aliphatic rings. The van der Waals surface area contributed by atoms with Crippen LogP contribution in [0.2, 0.25) is 0 Å². The van der Waals surface area contributed by atoms with Gasteiger partial charge in [-0.3, -0.25) is 24.1 Å². The Hall–Kier alpha value is -3.23. The van der Waals surface area contributed by atoms with Crippen LogP contribution in [0.5, 0.6) is 0 Å². The highest BCUT2D eigenvalue weighted by Crippen LogP contribution is 2.42. The number of amides is 4. The zero-order valence-corrected chi connectivity index (χ0v) is 17.0. The number of esters is 1. The molecule has 1 saturated heterocycles. The second-order valence-corrected chi connectivity index (χ2v) is 7.88. The molecule has 1 saturated carbocycles. The van der Waals surface area contributed by atoms with E-state index in [2.05, 4.69) is 10.6 Å². The predicted molar refractivity (Wildman–Crippen MR) is 105 cm³/mol. The van der Waals surface area contributed by atoms with E-state index in [9.17, 15) is 24.0 Å². The minimum absolute atomic E-state index is 0.0777. The van der Waals surface area contributed by atoms with Crippen molar-refractivity contribution in [2.45, 2.75) is 44.7 Å². The third kappa shape index (κ3) is 4.84. The maximum absolute atomic E-state index is 12.5. The Kier molecular flexibility index (Phi) is 6.19. The minimum atomic E-state index is -0.985. The normalized spacial score (nSPS) is 21.7. The molecule has 2 fully saturated rings. The first-order chi connectivity index (χ1) is 14.2. The Bertz CT molecular complexity index is 867. The molecule has 3 rings (SSSR count). The number of imide groups is 1. The number of carbonyl (C=O) groups is 5. The van der Waals surface area contributed by atoms with Crippen molar-refractivity contribution in [3.05, 3.63) is 35.9 Å². The molecule has 1 aromatic rings. The van der Waals surface area contributed by atoms with E-state index in [1.165, 1.54) is 6.92 Å². The summed E-state index contributed by atoms with van der Waals surface area (Å²) >= 11 is 0. The maximum atomic E-state index is 12.5. The van der Waals surface area contributed by atoms with Crippen LogP contribution in [0.4, 0.5) is 4.79 Å². The van der Waals surface area contributed by atoms with E-state index in [0.29, 0.717) is 6.42 Å². The fourth-order valence-corrected chi connectivity index (χ4v) is 3.50. The van der Waals surface area contributed by atoms with Gasteiger partial charge in [0.15, 0.2) is 12.4 Å². The molecule has 9 nitrogen and oxygen atoms in total. The monoisotopic (exact) mass is 415 g/mol. The molecule has 0 radical (unpaired) electrons.